The Morgan fingerprint density at radius 1 is 0.875 bits per heavy atom. The zero-order valence-electron chi connectivity index (χ0n) is 17.0. The third kappa shape index (κ3) is 3.81. The number of carbonyl (C=O) groups is 1. The molecule has 6 nitrogen and oxygen atoms in total. The molecular formula is C26H19N3O3. The number of allylic oxidation sites excluding steroid dienone is 5. The summed E-state index contributed by atoms with van der Waals surface area (Å²) in [4.78, 5) is 20.9. The van der Waals surface area contributed by atoms with E-state index < -0.39 is 0 Å². The van der Waals surface area contributed by atoms with Crippen LogP contribution in [0, 0.1) is 0 Å². The Labute approximate surface area is 184 Å². The predicted octanol–water partition coefficient (Wildman–Crippen LogP) is 4.48. The highest BCUT2D eigenvalue weighted by Crippen LogP contribution is 2.29. The van der Waals surface area contributed by atoms with E-state index in [0.29, 0.717) is 29.1 Å². The molecule has 5 rings (SSSR count). The zero-order valence-corrected chi connectivity index (χ0v) is 17.0. The highest BCUT2D eigenvalue weighted by molar-refractivity contribution is 6.01. The smallest absolute Gasteiger partial charge is 0.223 e. The molecule has 156 valence electrons. The number of aromatic nitrogens is 3. The molecule has 0 aliphatic heterocycles. The number of phenolic OH excluding ortho intramolecular Hbond substituents is 1. The zero-order chi connectivity index (χ0) is 22.1. The summed E-state index contributed by atoms with van der Waals surface area (Å²) in [7, 11) is 0. The van der Waals surface area contributed by atoms with Crippen LogP contribution >= 0.6 is 0 Å². The highest BCUT2D eigenvalue weighted by Gasteiger charge is 2.17. The van der Waals surface area contributed by atoms with Crippen molar-refractivity contribution in [2.45, 2.75) is 6.42 Å². The van der Waals surface area contributed by atoms with E-state index >= 15 is 0 Å². The number of hydrogen-bond acceptors (Lipinski definition) is 5. The highest BCUT2D eigenvalue weighted by atomic mass is 16.3. The number of hydrogen-bond donors (Lipinski definition) is 2. The van der Waals surface area contributed by atoms with Gasteiger partial charge in [-0.1, -0.05) is 42.5 Å². The summed E-state index contributed by atoms with van der Waals surface area (Å²) in [5.41, 5.74) is 4.96. The van der Waals surface area contributed by atoms with Crippen LogP contribution in [0.2, 0.25) is 0 Å². The molecule has 4 aromatic rings. The molecular weight excluding hydrogens is 402 g/mol. The van der Waals surface area contributed by atoms with Crippen LogP contribution in [0.4, 0.5) is 0 Å². The van der Waals surface area contributed by atoms with Gasteiger partial charge in [-0.3, -0.25) is 9.20 Å². The monoisotopic (exact) mass is 421 g/mol. The largest absolute Gasteiger partial charge is 0.508 e. The number of ketones is 1. The number of aromatic hydroxyl groups is 2. The molecule has 32 heavy (non-hydrogen) atoms. The summed E-state index contributed by atoms with van der Waals surface area (Å²) in [5.74, 6) is 0.0861. The molecule has 2 aromatic carbocycles. The number of rotatable bonds is 4. The van der Waals surface area contributed by atoms with Gasteiger partial charge in [-0.2, -0.15) is 0 Å². The first-order valence-electron chi connectivity index (χ1n) is 10.1. The van der Waals surface area contributed by atoms with Crippen molar-refractivity contribution in [1.29, 1.82) is 0 Å². The van der Waals surface area contributed by atoms with E-state index in [-0.39, 0.29) is 17.4 Å². The average Bonchev–Trinajstić information content (AvgIpc) is 3.12. The normalized spacial score (nSPS) is 13.1. The molecule has 0 bridgehead atoms. The van der Waals surface area contributed by atoms with Gasteiger partial charge >= 0.3 is 0 Å². The summed E-state index contributed by atoms with van der Waals surface area (Å²) in [6, 6.07) is 16.7. The number of phenols is 1. The van der Waals surface area contributed by atoms with E-state index in [1.165, 1.54) is 12.2 Å². The van der Waals surface area contributed by atoms with Gasteiger partial charge in [0.1, 0.15) is 11.4 Å². The van der Waals surface area contributed by atoms with E-state index in [2.05, 4.69) is 4.98 Å². The number of carbonyl (C=O) groups excluding carboxylic acids is 1. The minimum Gasteiger partial charge on any atom is -0.508 e. The fraction of sp³-hybridized carbons (Fsp3) is 0.0385. The van der Waals surface area contributed by atoms with Gasteiger partial charge in [0.05, 0.1) is 11.4 Å². The van der Waals surface area contributed by atoms with Crippen molar-refractivity contribution in [2.75, 3.05) is 0 Å². The lowest BCUT2D eigenvalue weighted by Gasteiger charge is -2.08. The summed E-state index contributed by atoms with van der Waals surface area (Å²) in [6.07, 6.45) is 10.3. The lowest BCUT2D eigenvalue weighted by Crippen LogP contribution is -2.00. The molecule has 0 amide bonds. The molecule has 1 aliphatic carbocycles. The first-order valence-corrected chi connectivity index (χ1v) is 10.1. The van der Waals surface area contributed by atoms with Gasteiger partial charge < -0.3 is 10.2 Å². The lowest BCUT2D eigenvalue weighted by atomic mass is 10.1. The van der Waals surface area contributed by atoms with Crippen molar-refractivity contribution in [1.82, 2.24) is 14.4 Å². The van der Waals surface area contributed by atoms with Crippen LogP contribution < -0.4 is 0 Å². The first-order chi connectivity index (χ1) is 15.6. The Morgan fingerprint density at radius 2 is 1.59 bits per heavy atom. The molecule has 2 heterocycles. The Morgan fingerprint density at radius 3 is 2.31 bits per heavy atom. The third-order valence-corrected chi connectivity index (χ3v) is 5.24. The summed E-state index contributed by atoms with van der Waals surface area (Å²) in [5, 5.41) is 20.6. The van der Waals surface area contributed by atoms with Gasteiger partial charge in [-0.15, -0.1) is 0 Å². The Kier molecular flexibility index (Phi) is 4.88. The van der Waals surface area contributed by atoms with Crippen molar-refractivity contribution in [3.05, 3.63) is 108 Å². The predicted molar refractivity (Wildman–Crippen MR) is 122 cm³/mol. The second kappa shape index (κ2) is 8.00. The van der Waals surface area contributed by atoms with Crippen molar-refractivity contribution < 1.29 is 15.0 Å². The topological polar surface area (TPSA) is 87.7 Å². The molecule has 1 aliphatic rings. The Bertz CT molecular complexity index is 1390. The fourth-order valence-electron chi connectivity index (χ4n) is 3.61. The van der Waals surface area contributed by atoms with E-state index in [4.69, 9.17) is 4.98 Å². The van der Waals surface area contributed by atoms with Gasteiger partial charge in [-0.05, 0) is 53.6 Å². The SMILES string of the molecule is O=C1C=CC(=Cc2nc3c(Cc4ccccc4)nc(-c4ccc(O)cc4)cn3c2O)C=C1. The van der Waals surface area contributed by atoms with Crippen molar-refractivity contribution in [3.8, 4) is 22.9 Å². The second-order valence-corrected chi connectivity index (χ2v) is 7.51. The first kappa shape index (κ1) is 19.5. The maximum atomic E-state index is 11.4. The molecule has 2 aromatic heterocycles. The molecule has 0 unspecified atom stereocenters. The van der Waals surface area contributed by atoms with Gasteiger partial charge in [0.2, 0.25) is 5.88 Å². The minimum absolute atomic E-state index is 0.0112. The lowest BCUT2D eigenvalue weighted by molar-refractivity contribution is -0.110. The van der Waals surface area contributed by atoms with Gasteiger partial charge in [0.15, 0.2) is 11.4 Å². The molecule has 0 fully saturated rings. The van der Waals surface area contributed by atoms with Crippen molar-refractivity contribution >= 4 is 17.5 Å². The molecule has 0 saturated carbocycles. The summed E-state index contributed by atoms with van der Waals surface area (Å²) < 4.78 is 1.63. The van der Waals surface area contributed by atoms with E-state index in [0.717, 1.165) is 16.7 Å². The Balaban J connectivity index is 1.67. The van der Waals surface area contributed by atoms with Crippen LogP contribution in [0.15, 0.2) is 90.7 Å². The summed E-state index contributed by atoms with van der Waals surface area (Å²) in [6.45, 7) is 0. The molecule has 0 saturated heterocycles. The maximum Gasteiger partial charge on any atom is 0.223 e. The fourth-order valence-corrected chi connectivity index (χ4v) is 3.61. The van der Waals surface area contributed by atoms with Gasteiger partial charge in [0.25, 0.3) is 0 Å². The minimum atomic E-state index is -0.0748. The number of nitrogens with zero attached hydrogens (tertiary/aromatic N) is 3. The number of imidazole rings is 1. The molecule has 0 radical (unpaired) electrons. The van der Waals surface area contributed by atoms with Crippen LogP contribution in [0.3, 0.4) is 0 Å². The average molecular weight is 421 g/mol. The standard InChI is InChI=1S/C26H19N3O3/c30-20-10-6-18(7-11-20)15-23-26(32)29-16-24(19-8-12-21(31)13-9-19)27-22(25(29)28-23)14-17-4-2-1-3-5-17/h1-13,15-16,31-32H,14H2. The second-order valence-electron chi connectivity index (χ2n) is 7.51. The molecule has 2 N–H and O–H groups in total. The third-order valence-electron chi connectivity index (χ3n) is 5.24. The molecule has 0 atom stereocenters. The maximum absolute atomic E-state index is 11.4. The number of fused-ring (bicyclic) bond motifs is 1. The van der Waals surface area contributed by atoms with E-state index in [1.807, 2.05) is 30.3 Å². The van der Waals surface area contributed by atoms with Gasteiger partial charge in [0, 0.05) is 18.2 Å². The van der Waals surface area contributed by atoms with Gasteiger partial charge in [-0.25, -0.2) is 9.97 Å². The summed E-state index contributed by atoms with van der Waals surface area (Å²) >= 11 is 0. The van der Waals surface area contributed by atoms with Crippen LogP contribution in [0.5, 0.6) is 11.6 Å². The van der Waals surface area contributed by atoms with Crippen LogP contribution in [0.25, 0.3) is 23.0 Å². The Hall–Kier alpha value is -4.45. The van der Waals surface area contributed by atoms with Crippen LogP contribution in [-0.4, -0.2) is 30.4 Å². The van der Waals surface area contributed by atoms with Crippen molar-refractivity contribution in [2.24, 2.45) is 0 Å². The molecule has 0 spiro atoms. The van der Waals surface area contributed by atoms with E-state index in [1.54, 1.807) is 53.1 Å². The van der Waals surface area contributed by atoms with Crippen LogP contribution in [0.1, 0.15) is 17.0 Å². The number of benzene rings is 2. The quantitative estimate of drug-likeness (QED) is 0.507. The van der Waals surface area contributed by atoms with E-state index in [9.17, 15) is 15.0 Å². The van der Waals surface area contributed by atoms with Crippen LogP contribution in [-0.2, 0) is 11.2 Å². The molecule has 6 heteroatoms. The van der Waals surface area contributed by atoms with Crippen molar-refractivity contribution in [3.63, 3.8) is 0 Å².